The molecule has 1 fully saturated rings. The Labute approximate surface area is 98.3 Å². The third kappa shape index (κ3) is 2.46. The Morgan fingerprint density at radius 2 is 2.38 bits per heavy atom. The minimum absolute atomic E-state index is 0.403. The number of nitrogens with zero attached hydrogens (tertiary/aromatic N) is 2. The highest BCUT2D eigenvalue weighted by molar-refractivity contribution is 4.98. The van der Waals surface area contributed by atoms with Crippen LogP contribution in [0.15, 0.2) is 12.4 Å². The summed E-state index contributed by atoms with van der Waals surface area (Å²) in [5.74, 6) is 1.21. The van der Waals surface area contributed by atoms with E-state index in [9.17, 15) is 0 Å². The molecule has 0 spiro atoms. The van der Waals surface area contributed by atoms with Crippen LogP contribution >= 0.6 is 0 Å². The predicted octanol–water partition coefficient (Wildman–Crippen LogP) is 2.27. The van der Waals surface area contributed by atoms with Crippen LogP contribution in [0.2, 0.25) is 0 Å². The van der Waals surface area contributed by atoms with Gasteiger partial charge in [-0.2, -0.15) is 0 Å². The van der Waals surface area contributed by atoms with Crippen LogP contribution in [0.3, 0.4) is 0 Å². The Hall–Kier alpha value is -0.830. The van der Waals surface area contributed by atoms with Gasteiger partial charge in [-0.1, -0.05) is 13.3 Å². The number of hydrogen-bond acceptors (Lipinski definition) is 2. The molecule has 0 saturated carbocycles. The SMILES string of the molecule is CCCC1(CCc2nccn2C)CCCN1. The van der Waals surface area contributed by atoms with E-state index in [1.807, 2.05) is 12.4 Å². The molecular weight excluding hydrogens is 198 g/mol. The molecule has 3 nitrogen and oxygen atoms in total. The zero-order valence-corrected chi connectivity index (χ0v) is 10.5. The third-order valence-corrected chi connectivity index (χ3v) is 3.81. The lowest BCUT2D eigenvalue weighted by atomic mass is 9.87. The summed E-state index contributed by atoms with van der Waals surface area (Å²) in [7, 11) is 2.08. The molecule has 0 aliphatic carbocycles. The monoisotopic (exact) mass is 221 g/mol. The second kappa shape index (κ2) is 5.00. The van der Waals surface area contributed by atoms with Gasteiger partial charge in [0.15, 0.2) is 0 Å². The first-order valence-electron chi connectivity index (χ1n) is 6.47. The van der Waals surface area contributed by atoms with E-state index in [4.69, 9.17) is 0 Å². The molecule has 2 rings (SSSR count). The summed E-state index contributed by atoms with van der Waals surface area (Å²) in [4.78, 5) is 4.40. The fraction of sp³-hybridized carbons (Fsp3) is 0.769. The Balaban J connectivity index is 1.94. The van der Waals surface area contributed by atoms with Crippen molar-refractivity contribution >= 4 is 0 Å². The van der Waals surface area contributed by atoms with E-state index in [0.29, 0.717) is 5.54 Å². The minimum Gasteiger partial charge on any atom is -0.338 e. The predicted molar refractivity (Wildman–Crippen MR) is 66.4 cm³/mol. The summed E-state index contributed by atoms with van der Waals surface area (Å²) < 4.78 is 2.13. The molecule has 0 aromatic carbocycles. The zero-order valence-electron chi connectivity index (χ0n) is 10.5. The molecule has 3 heteroatoms. The van der Waals surface area contributed by atoms with Gasteiger partial charge in [0.05, 0.1) is 0 Å². The van der Waals surface area contributed by atoms with E-state index in [-0.39, 0.29) is 0 Å². The molecule has 1 aromatic rings. The summed E-state index contributed by atoms with van der Waals surface area (Å²) in [5.41, 5.74) is 0.403. The van der Waals surface area contributed by atoms with E-state index < -0.39 is 0 Å². The molecule has 1 N–H and O–H groups in total. The van der Waals surface area contributed by atoms with Crippen molar-refractivity contribution in [1.82, 2.24) is 14.9 Å². The van der Waals surface area contributed by atoms with Crippen molar-refractivity contribution in [2.75, 3.05) is 6.54 Å². The minimum atomic E-state index is 0.403. The maximum atomic E-state index is 4.40. The second-order valence-electron chi connectivity index (χ2n) is 5.02. The van der Waals surface area contributed by atoms with Crippen LogP contribution in [0.1, 0.15) is 44.9 Å². The van der Waals surface area contributed by atoms with Crippen LogP contribution in [0, 0.1) is 0 Å². The lowest BCUT2D eigenvalue weighted by molar-refractivity contribution is 0.317. The molecule has 1 saturated heterocycles. The Bertz CT molecular complexity index is 324. The van der Waals surface area contributed by atoms with Gasteiger partial charge in [-0.15, -0.1) is 0 Å². The fourth-order valence-electron chi connectivity index (χ4n) is 2.89. The van der Waals surface area contributed by atoms with Crippen molar-refractivity contribution < 1.29 is 0 Å². The highest BCUT2D eigenvalue weighted by Gasteiger charge is 2.32. The standard InChI is InChI=1S/C13H23N3/c1-3-6-13(7-4-9-15-13)8-5-12-14-10-11-16(12)2/h10-11,15H,3-9H2,1-2H3. The average Bonchev–Trinajstić information content (AvgIpc) is 2.86. The number of imidazole rings is 1. The fourth-order valence-corrected chi connectivity index (χ4v) is 2.89. The number of hydrogen-bond donors (Lipinski definition) is 1. The lowest BCUT2D eigenvalue weighted by Crippen LogP contribution is -2.40. The van der Waals surface area contributed by atoms with Gasteiger partial charge in [0.25, 0.3) is 0 Å². The van der Waals surface area contributed by atoms with Crippen LogP contribution in [0.25, 0.3) is 0 Å². The first kappa shape index (κ1) is 11.6. The molecule has 90 valence electrons. The topological polar surface area (TPSA) is 29.9 Å². The van der Waals surface area contributed by atoms with Crippen molar-refractivity contribution in [3.63, 3.8) is 0 Å². The Morgan fingerprint density at radius 3 is 2.94 bits per heavy atom. The van der Waals surface area contributed by atoms with Gasteiger partial charge in [0.1, 0.15) is 5.82 Å². The lowest BCUT2D eigenvalue weighted by Gasteiger charge is -2.29. The smallest absolute Gasteiger partial charge is 0.108 e. The number of nitrogens with one attached hydrogen (secondary N) is 1. The third-order valence-electron chi connectivity index (χ3n) is 3.81. The highest BCUT2D eigenvalue weighted by Crippen LogP contribution is 2.29. The van der Waals surface area contributed by atoms with Crippen LogP contribution in [0.5, 0.6) is 0 Å². The van der Waals surface area contributed by atoms with Crippen LogP contribution < -0.4 is 5.32 Å². The normalized spacial score (nSPS) is 25.1. The molecule has 0 bridgehead atoms. The number of aromatic nitrogens is 2. The molecule has 0 amide bonds. The summed E-state index contributed by atoms with van der Waals surface area (Å²) in [5, 5.41) is 3.72. The van der Waals surface area contributed by atoms with Crippen molar-refractivity contribution in [3.8, 4) is 0 Å². The summed E-state index contributed by atoms with van der Waals surface area (Å²) in [6, 6.07) is 0. The molecule has 1 aliphatic heterocycles. The van der Waals surface area contributed by atoms with Gasteiger partial charge in [-0.05, 0) is 32.2 Å². The molecule has 16 heavy (non-hydrogen) atoms. The molecule has 1 atom stereocenters. The molecule has 1 unspecified atom stereocenters. The van der Waals surface area contributed by atoms with Gasteiger partial charge in [-0.25, -0.2) is 4.98 Å². The quantitative estimate of drug-likeness (QED) is 0.826. The van der Waals surface area contributed by atoms with Crippen LogP contribution in [-0.4, -0.2) is 21.6 Å². The maximum Gasteiger partial charge on any atom is 0.108 e. The zero-order chi connectivity index (χ0) is 11.4. The van der Waals surface area contributed by atoms with Crippen LogP contribution in [-0.2, 0) is 13.5 Å². The van der Waals surface area contributed by atoms with Gasteiger partial charge in [-0.3, -0.25) is 0 Å². The average molecular weight is 221 g/mol. The molecular formula is C13H23N3. The first-order chi connectivity index (χ1) is 7.76. The summed E-state index contributed by atoms with van der Waals surface area (Å²) in [6.45, 7) is 3.48. The van der Waals surface area contributed by atoms with Crippen molar-refractivity contribution in [2.24, 2.45) is 7.05 Å². The first-order valence-corrected chi connectivity index (χ1v) is 6.47. The summed E-state index contributed by atoms with van der Waals surface area (Å²) >= 11 is 0. The highest BCUT2D eigenvalue weighted by atomic mass is 15.0. The van der Waals surface area contributed by atoms with Crippen molar-refractivity contribution in [1.29, 1.82) is 0 Å². The van der Waals surface area contributed by atoms with E-state index >= 15 is 0 Å². The van der Waals surface area contributed by atoms with Gasteiger partial charge in [0, 0.05) is 31.4 Å². The van der Waals surface area contributed by atoms with Gasteiger partial charge >= 0.3 is 0 Å². The van der Waals surface area contributed by atoms with E-state index in [1.54, 1.807) is 0 Å². The number of rotatable bonds is 5. The van der Waals surface area contributed by atoms with Gasteiger partial charge in [0.2, 0.25) is 0 Å². The molecule has 1 aromatic heterocycles. The van der Waals surface area contributed by atoms with E-state index in [2.05, 4.69) is 28.8 Å². The van der Waals surface area contributed by atoms with Crippen molar-refractivity contribution in [2.45, 2.75) is 51.0 Å². The largest absolute Gasteiger partial charge is 0.338 e. The van der Waals surface area contributed by atoms with E-state index in [0.717, 1.165) is 6.42 Å². The Kier molecular flexibility index (Phi) is 3.64. The second-order valence-corrected chi connectivity index (χ2v) is 5.02. The molecule has 1 aliphatic rings. The van der Waals surface area contributed by atoms with Crippen molar-refractivity contribution in [3.05, 3.63) is 18.2 Å². The molecule has 2 heterocycles. The Morgan fingerprint density at radius 1 is 1.50 bits per heavy atom. The van der Waals surface area contributed by atoms with Gasteiger partial charge < -0.3 is 9.88 Å². The number of aryl methyl sites for hydroxylation is 2. The van der Waals surface area contributed by atoms with E-state index in [1.165, 1.54) is 44.5 Å². The molecule has 0 radical (unpaired) electrons. The summed E-state index contributed by atoms with van der Waals surface area (Å²) in [6.07, 6.45) is 11.5. The van der Waals surface area contributed by atoms with Crippen LogP contribution in [0.4, 0.5) is 0 Å². The maximum absolute atomic E-state index is 4.40.